The molecule has 0 saturated heterocycles. The van der Waals surface area contributed by atoms with E-state index in [2.05, 4.69) is 74.5 Å². The largest absolute Gasteiger partial charge is 0.311 e. The maximum atomic E-state index is 12.3. The van der Waals surface area contributed by atoms with Crippen molar-refractivity contribution in [1.29, 1.82) is 0 Å². The molecular weight excluding hydrogens is 494 g/mol. The summed E-state index contributed by atoms with van der Waals surface area (Å²) in [7, 11) is -3.29. The second kappa shape index (κ2) is 11.1. The van der Waals surface area contributed by atoms with E-state index in [4.69, 9.17) is 18.6 Å². The van der Waals surface area contributed by atoms with E-state index in [0.717, 1.165) is 18.5 Å². The smallest absolute Gasteiger partial charge is 0.223 e. The molecule has 0 aromatic heterocycles. The zero-order valence-corrected chi connectivity index (χ0v) is 21.8. The lowest BCUT2D eigenvalue weighted by Crippen LogP contribution is -2.68. The highest BCUT2D eigenvalue weighted by atomic mass is 35.7. The van der Waals surface area contributed by atoms with Gasteiger partial charge in [0, 0.05) is 14.0 Å². The van der Waals surface area contributed by atoms with Crippen LogP contribution in [0.3, 0.4) is 0 Å². The predicted molar refractivity (Wildman–Crippen MR) is 123 cm³/mol. The number of amides is 1. The molecule has 0 radical (unpaired) electrons. The molecule has 0 atom stereocenters. The minimum absolute atomic E-state index is 0.0640. The van der Waals surface area contributed by atoms with Crippen molar-refractivity contribution in [2.45, 2.75) is 58.1 Å². The predicted octanol–water partition coefficient (Wildman–Crippen LogP) is 1.60. The maximum absolute atomic E-state index is 12.3. The number of halogens is 1. The van der Waals surface area contributed by atoms with E-state index in [-0.39, 0.29) is 16.8 Å². The van der Waals surface area contributed by atoms with Gasteiger partial charge in [-0.3, -0.25) is 4.79 Å². The second-order valence-corrected chi connectivity index (χ2v) is 11.3. The molecule has 1 heterocycles. The molecule has 3 aromatic rings. The summed E-state index contributed by atoms with van der Waals surface area (Å²) < 4.78 is 34.0. The first-order chi connectivity index (χ1) is 16.0. The summed E-state index contributed by atoms with van der Waals surface area (Å²) in [5.74, 6) is 0.0640. The first kappa shape index (κ1) is 26.6. The average Bonchev–Trinajstić information content (AvgIpc) is 2.80. The van der Waals surface area contributed by atoms with Crippen LogP contribution < -0.4 is 23.5 Å². The van der Waals surface area contributed by atoms with Gasteiger partial charge in [-0.25, -0.2) is 18.6 Å². The Kier molecular flexibility index (Phi) is 8.70. The Morgan fingerprint density at radius 2 is 1.29 bits per heavy atom. The molecule has 3 aromatic carbocycles. The Bertz CT molecular complexity index is 1130. The van der Waals surface area contributed by atoms with Gasteiger partial charge in [0.25, 0.3) is 0 Å². The van der Waals surface area contributed by atoms with Crippen molar-refractivity contribution < 1.29 is 33.7 Å². The lowest BCUT2D eigenvalue weighted by Gasteiger charge is -2.24. The summed E-state index contributed by atoms with van der Waals surface area (Å²) in [6, 6.07) is 22.0. The number of aryl methyl sites for hydroxylation is 2. The molecule has 1 aliphatic rings. The second-order valence-electron chi connectivity index (χ2n) is 7.55. The molecule has 4 rings (SSSR count). The lowest BCUT2D eigenvalue weighted by molar-refractivity contribution is -2.00. The van der Waals surface area contributed by atoms with Crippen LogP contribution in [0.4, 0.5) is 5.69 Å². The zero-order valence-electron chi connectivity index (χ0n) is 19.4. The number of carbonyl (C=O) groups is 1. The fourth-order valence-electron chi connectivity index (χ4n) is 3.79. The van der Waals surface area contributed by atoms with E-state index in [1.165, 1.54) is 35.6 Å². The van der Waals surface area contributed by atoms with Gasteiger partial charge in [0.1, 0.15) is 16.6 Å². The highest BCUT2D eigenvalue weighted by Gasteiger charge is 2.40. The molecule has 180 valence electrons. The van der Waals surface area contributed by atoms with Crippen LogP contribution in [0.15, 0.2) is 85.1 Å². The third-order valence-electron chi connectivity index (χ3n) is 5.45. The van der Waals surface area contributed by atoms with Crippen LogP contribution in [0.5, 0.6) is 0 Å². The molecule has 1 amide bonds. The fraction of sp³-hybridized carbons (Fsp3) is 0.240. The number of nitrogens with zero attached hydrogens (tertiary/aromatic N) is 1. The third kappa shape index (κ3) is 6.14. The highest BCUT2D eigenvalue weighted by molar-refractivity contribution is 8.04. The Labute approximate surface area is 209 Å². The van der Waals surface area contributed by atoms with Crippen molar-refractivity contribution in [3.8, 4) is 0 Å². The third-order valence-corrected chi connectivity index (χ3v) is 9.22. The number of hydrogen-bond acceptors (Lipinski definition) is 6. The van der Waals surface area contributed by atoms with Gasteiger partial charge < -0.3 is 4.90 Å². The van der Waals surface area contributed by atoms with Crippen molar-refractivity contribution in [3.05, 3.63) is 71.8 Å². The van der Waals surface area contributed by atoms with Crippen molar-refractivity contribution in [2.75, 3.05) is 11.9 Å². The van der Waals surface area contributed by atoms with Crippen LogP contribution >= 0.6 is 11.8 Å². The number of benzene rings is 3. The molecule has 0 N–H and O–H groups in total. The van der Waals surface area contributed by atoms with Gasteiger partial charge in [0.15, 0.2) is 14.7 Å². The summed E-state index contributed by atoms with van der Waals surface area (Å²) in [5, 5.41) is 0. The van der Waals surface area contributed by atoms with Gasteiger partial charge in [-0.2, -0.15) is 0 Å². The summed E-state index contributed by atoms with van der Waals surface area (Å²) in [6.07, 6.45) is 1.97. The number of rotatable bonds is 4. The van der Waals surface area contributed by atoms with E-state index in [9.17, 15) is 4.79 Å². The van der Waals surface area contributed by atoms with Crippen molar-refractivity contribution >= 4 is 34.3 Å². The molecule has 6 nitrogen and oxygen atoms in total. The van der Waals surface area contributed by atoms with Crippen LogP contribution in [-0.4, -0.2) is 13.0 Å². The van der Waals surface area contributed by atoms with E-state index in [1.807, 2.05) is 23.7 Å². The number of anilines is 1. The molecule has 0 aliphatic carbocycles. The van der Waals surface area contributed by atoms with Crippen molar-refractivity contribution in [3.63, 3.8) is 0 Å². The quantitative estimate of drug-likeness (QED) is 0.378. The molecule has 0 fully saturated rings. The summed E-state index contributed by atoms with van der Waals surface area (Å²) in [6.45, 7) is 6.05. The number of fused-ring (bicyclic) bond motifs is 2. The molecule has 0 unspecified atom stereocenters. The first-order valence-electron chi connectivity index (χ1n) is 10.7. The van der Waals surface area contributed by atoms with Crippen molar-refractivity contribution in [1.82, 2.24) is 0 Å². The Hall–Kier alpha value is -2.04. The Morgan fingerprint density at radius 3 is 1.74 bits per heavy atom. The summed E-state index contributed by atoms with van der Waals surface area (Å²) >= 11 is 1.85. The van der Waals surface area contributed by atoms with Crippen molar-refractivity contribution in [2.24, 2.45) is 0 Å². The van der Waals surface area contributed by atoms with Gasteiger partial charge in [-0.1, -0.05) is 49.9 Å². The normalized spacial score (nSPS) is 12.8. The summed E-state index contributed by atoms with van der Waals surface area (Å²) in [5.41, 5.74) is 3.74. The first-order valence-corrected chi connectivity index (χ1v) is 13.9. The molecule has 0 saturated carbocycles. The van der Waals surface area contributed by atoms with E-state index >= 15 is 0 Å². The molecule has 0 spiro atoms. The standard InChI is InChI=1S/C25H26NOS2.ClHO4/c1-5-18-15-20(26(4)17(3)27)25(16-19(18)6-2)29-23-13-9-7-11-21(23)28-22-12-8-10-14-24(22)29;2-1(3,4)5/h7-16H,5-6H2,1-4H3;(H,2,3,4,5)/q+1;/p-1. The summed E-state index contributed by atoms with van der Waals surface area (Å²) in [4.78, 5) is 20.7. The minimum Gasteiger partial charge on any atom is -0.311 e. The van der Waals surface area contributed by atoms with Gasteiger partial charge in [-0.05, 0) is 60.4 Å². The van der Waals surface area contributed by atoms with Gasteiger partial charge in [-0.15, -0.1) is 10.2 Å². The topological polar surface area (TPSA) is 113 Å². The minimum atomic E-state index is -4.94. The molecule has 34 heavy (non-hydrogen) atoms. The molecule has 1 aliphatic heterocycles. The zero-order chi connectivity index (χ0) is 25.0. The fourth-order valence-corrected chi connectivity index (χ4v) is 7.75. The van der Waals surface area contributed by atoms with Crippen LogP contribution in [-0.2, 0) is 28.5 Å². The van der Waals surface area contributed by atoms with Gasteiger partial charge in [0.05, 0.1) is 9.79 Å². The Morgan fingerprint density at radius 1 is 0.853 bits per heavy atom. The van der Waals surface area contributed by atoms with E-state index in [1.54, 1.807) is 6.92 Å². The monoisotopic (exact) mass is 519 g/mol. The lowest BCUT2D eigenvalue weighted by atomic mass is 10.0. The van der Waals surface area contributed by atoms with E-state index in [0.29, 0.717) is 0 Å². The molecule has 9 heteroatoms. The Balaban J connectivity index is 0.000000588. The van der Waals surface area contributed by atoms with Crippen LogP contribution in [0, 0.1) is 10.2 Å². The van der Waals surface area contributed by atoms with Crippen LogP contribution in [0.25, 0.3) is 0 Å². The van der Waals surface area contributed by atoms with Crippen LogP contribution in [0.2, 0.25) is 0 Å². The molecule has 0 bridgehead atoms. The van der Waals surface area contributed by atoms with Gasteiger partial charge >= 0.3 is 0 Å². The highest BCUT2D eigenvalue weighted by Crippen LogP contribution is 2.50. The maximum Gasteiger partial charge on any atom is 0.223 e. The SMILES string of the molecule is CCc1cc(N(C)C(C)=O)c([S+]2c3ccccc3Sc3ccccc32)cc1CC.[O-][Cl+3]([O-])([O-])[O-]. The van der Waals surface area contributed by atoms with Crippen LogP contribution in [0.1, 0.15) is 31.9 Å². The van der Waals surface area contributed by atoms with Gasteiger partial charge in [0.2, 0.25) is 5.91 Å². The number of carbonyl (C=O) groups excluding carboxylic acids is 1. The molecular formula is C25H26ClNO5S2. The van der Waals surface area contributed by atoms with E-state index < -0.39 is 10.2 Å². The number of hydrogen-bond donors (Lipinski definition) is 0. The average molecular weight is 520 g/mol.